The number of aromatic nitrogens is 4. The van der Waals surface area contributed by atoms with Crippen molar-refractivity contribution in [1.82, 2.24) is 29.3 Å². The van der Waals surface area contributed by atoms with Gasteiger partial charge in [-0.05, 0) is 93.2 Å². The summed E-state index contributed by atoms with van der Waals surface area (Å²) in [6.45, 7) is 19.7. The maximum Gasteiger partial charge on any atom is 0.253 e. The lowest BCUT2D eigenvalue weighted by atomic mass is 9.71. The van der Waals surface area contributed by atoms with Gasteiger partial charge in [-0.2, -0.15) is 0 Å². The molecule has 6 heterocycles. The van der Waals surface area contributed by atoms with E-state index >= 15 is 0 Å². The molecule has 0 saturated carbocycles. The smallest absolute Gasteiger partial charge is 0.253 e. The summed E-state index contributed by atoms with van der Waals surface area (Å²) in [4.78, 5) is 25.9. The highest BCUT2D eigenvalue weighted by atomic mass is 16.2. The summed E-state index contributed by atoms with van der Waals surface area (Å²) in [6.07, 6.45) is 5.12. The Labute approximate surface area is 250 Å². The number of aryl methyl sites for hydroxylation is 1. The van der Waals surface area contributed by atoms with Crippen LogP contribution in [-0.4, -0.2) is 54.6 Å². The molecule has 1 fully saturated rings. The van der Waals surface area contributed by atoms with Gasteiger partial charge in [-0.3, -0.25) is 4.79 Å². The third-order valence-corrected chi connectivity index (χ3v) is 10.7. The summed E-state index contributed by atoms with van der Waals surface area (Å²) in [7, 11) is 0. The van der Waals surface area contributed by atoms with Gasteiger partial charge < -0.3 is 19.4 Å². The number of rotatable bonds is 4. The number of carbonyl (C=O) groups excluding carboxylic acids is 1. The number of carbonyl (C=O) groups is 1. The lowest BCUT2D eigenvalue weighted by Crippen LogP contribution is -2.60. The van der Waals surface area contributed by atoms with Gasteiger partial charge in [0.05, 0.1) is 16.7 Å². The van der Waals surface area contributed by atoms with E-state index in [4.69, 9.17) is 9.97 Å². The van der Waals surface area contributed by atoms with Crippen LogP contribution in [0.15, 0.2) is 42.6 Å². The van der Waals surface area contributed by atoms with Crippen molar-refractivity contribution in [3.05, 3.63) is 48.2 Å². The molecule has 0 spiro atoms. The molecule has 4 aromatic rings. The van der Waals surface area contributed by atoms with Crippen LogP contribution >= 0.6 is 0 Å². The zero-order valence-electron chi connectivity index (χ0n) is 26.5. The van der Waals surface area contributed by atoms with Crippen molar-refractivity contribution in [2.45, 2.75) is 92.4 Å². The van der Waals surface area contributed by atoms with Crippen LogP contribution in [0.1, 0.15) is 78.1 Å². The zero-order chi connectivity index (χ0) is 29.8. The van der Waals surface area contributed by atoms with Gasteiger partial charge in [-0.15, -0.1) is 0 Å². The Morgan fingerprint density at radius 2 is 1.93 bits per heavy atom. The van der Waals surface area contributed by atoms with Crippen LogP contribution in [0.3, 0.4) is 0 Å². The van der Waals surface area contributed by atoms with E-state index in [1.807, 2.05) is 24.4 Å². The van der Waals surface area contributed by atoms with E-state index in [0.717, 1.165) is 84.6 Å². The maximum absolute atomic E-state index is 13.9. The van der Waals surface area contributed by atoms with Crippen molar-refractivity contribution in [1.29, 1.82) is 0 Å². The molecule has 7 heteroatoms. The number of hydrogen-bond donors (Lipinski definition) is 1. The molecule has 42 heavy (non-hydrogen) atoms. The molecule has 7 rings (SSSR count). The summed E-state index contributed by atoms with van der Waals surface area (Å²) in [6, 6.07) is 12.8. The van der Waals surface area contributed by atoms with Crippen molar-refractivity contribution >= 4 is 28.0 Å². The molecule has 4 atom stereocenters. The summed E-state index contributed by atoms with van der Waals surface area (Å²) in [5.41, 5.74) is 4.75. The van der Waals surface area contributed by atoms with E-state index in [9.17, 15) is 4.79 Å². The second-order valence-corrected chi connectivity index (χ2v) is 13.8. The molecule has 1 aromatic carbocycles. The fourth-order valence-corrected chi connectivity index (χ4v) is 7.51. The Hall–Kier alpha value is -3.19. The fourth-order valence-electron chi connectivity index (χ4n) is 7.51. The predicted molar refractivity (Wildman–Crippen MR) is 172 cm³/mol. The van der Waals surface area contributed by atoms with Crippen LogP contribution in [0.25, 0.3) is 33.6 Å². The van der Waals surface area contributed by atoms with Gasteiger partial charge in [0.1, 0.15) is 5.65 Å². The number of nitrogens with one attached hydrogen (secondary N) is 1. The number of imidazole rings is 1. The highest BCUT2D eigenvalue weighted by Crippen LogP contribution is 2.37. The molecule has 1 saturated heterocycles. The number of piperidine rings is 1. The number of benzene rings is 1. The number of hydrogen-bond acceptors (Lipinski definition) is 4. The minimum absolute atomic E-state index is 0.0345. The van der Waals surface area contributed by atoms with E-state index in [1.54, 1.807) is 0 Å². The van der Waals surface area contributed by atoms with E-state index in [-0.39, 0.29) is 11.4 Å². The lowest BCUT2D eigenvalue weighted by Gasteiger charge is -2.46. The third kappa shape index (κ3) is 4.93. The molecule has 1 amide bonds. The van der Waals surface area contributed by atoms with Crippen LogP contribution in [0.4, 0.5) is 0 Å². The molecule has 224 valence electrons. The quantitative estimate of drug-likeness (QED) is 0.288. The standard InChI is InChI=1S/C35H48N6O/c1-8-40-31(19-25-11-9-15-36-32(25)40)33-37-29-18-26-13-14-30(29)41(33)20-27(22(2)3)17-24(6)35(7,23(4)5)38-28-12-10-16-39(21-28)34(26)42/h9,11,13-15,18-19,22-24,27-28,38H,8,10,12,16-17,20-21H2,1-7H3. The van der Waals surface area contributed by atoms with Crippen LogP contribution in [0, 0.1) is 23.7 Å². The number of nitrogens with zero attached hydrogens (tertiary/aromatic N) is 5. The molecule has 4 unspecified atom stereocenters. The lowest BCUT2D eigenvalue weighted by molar-refractivity contribution is 0.0615. The number of fused-ring (bicyclic) bond motifs is 7. The van der Waals surface area contributed by atoms with Crippen LogP contribution in [0.2, 0.25) is 0 Å². The summed E-state index contributed by atoms with van der Waals surface area (Å²) >= 11 is 0. The SMILES string of the molecule is CCn1c(-c2nc3cc4ccc3n2CC(C(C)C)CC(C)C(C)(C(C)C)NC2CCCN(C2)C4=O)cc2cccnc21. The minimum atomic E-state index is -0.0345. The number of pyridine rings is 1. The fraction of sp³-hybridized carbons (Fsp3) is 0.571. The van der Waals surface area contributed by atoms with Crippen molar-refractivity contribution < 1.29 is 4.79 Å². The summed E-state index contributed by atoms with van der Waals surface area (Å²) < 4.78 is 4.71. The predicted octanol–water partition coefficient (Wildman–Crippen LogP) is 6.99. The summed E-state index contributed by atoms with van der Waals surface area (Å²) in [5, 5.41) is 5.24. The second kappa shape index (κ2) is 11.1. The molecular weight excluding hydrogens is 520 g/mol. The van der Waals surface area contributed by atoms with Gasteiger partial charge in [0.25, 0.3) is 5.91 Å². The zero-order valence-corrected chi connectivity index (χ0v) is 26.5. The molecule has 0 radical (unpaired) electrons. The van der Waals surface area contributed by atoms with E-state index in [2.05, 4.69) is 86.0 Å². The third-order valence-electron chi connectivity index (χ3n) is 10.7. The Bertz CT molecular complexity index is 1600. The molecule has 1 N–H and O–H groups in total. The van der Waals surface area contributed by atoms with Gasteiger partial charge in [0.2, 0.25) is 0 Å². The average Bonchev–Trinajstić information content (AvgIpc) is 3.53. The topological polar surface area (TPSA) is 68.0 Å². The van der Waals surface area contributed by atoms with Crippen molar-refractivity contribution in [2.75, 3.05) is 13.1 Å². The Kier molecular flexibility index (Phi) is 7.67. The summed E-state index contributed by atoms with van der Waals surface area (Å²) in [5.74, 6) is 2.96. The minimum Gasteiger partial charge on any atom is -0.337 e. The highest BCUT2D eigenvalue weighted by Gasteiger charge is 2.39. The largest absolute Gasteiger partial charge is 0.337 e. The van der Waals surface area contributed by atoms with Gasteiger partial charge in [0, 0.05) is 54.9 Å². The number of amides is 1. The van der Waals surface area contributed by atoms with Gasteiger partial charge in [-0.25, -0.2) is 9.97 Å². The van der Waals surface area contributed by atoms with Crippen LogP contribution in [-0.2, 0) is 13.1 Å². The van der Waals surface area contributed by atoms with Crippen molar-refractivity contribution in [3.8, 4) is 11.5 Å². The van der Waals surface area contributed by atoms with E-state index in [1.165, 1.54) is 0 Å². The molecular formula is C35H48N6O. The van der Waals surface area contributed by atoms with Gasteiger partial charge in [0.15, 0.2) is 5.82 Å². The monoisotopic (exact) mass is 568 g/mol. The van der Waals surface area contributed by atoms with Crippen LogP contribution in [0.5, 0.6) is 0 Å². The van der Waals surface area contributed by atoms with E-state index < -0.39 is 0 Å². The molecule has 3 aliphatic heterocycles. The first-order valence-electron chi connectivity index (χ1n) is 16.1. The van der Waals surface area contributed by atoms with Gasteiger partial charge in [-0.1, -0.05) is 34.6 Å². The normalized spacial score (nSPS) is 25.7. The molecule has 0 aliphatic carbocycles. The molecule has 3 aromatic heterocycles. The first-order valence-corrected chi connectivity index (χ1v) is 16.1. The molecule has 3 aliphatic rings. The van der Waals surface area contributed by atoms with Crippen molar-refractivity contribution in [3.63, 3.8) is 0 Å². The van der Waals surface area contributed by atoms with Crippen LogP contribution < -0.4 is 5.32 Å². The maximum atomic E-state index is 13.9. The average molecular weight is 569 g/mol. The van der Waals surface area contributed by atoms with E-state index in [0.29, 0.717) is 29.7 Å². The Morgan fingerprint density at radius 1 is 1.12 bits per heavy atom. The Morgan fingerprint density at radius 3 is 2.67 bits per heavy atom. The highest BCUT2D eigenvalue weighted by molar-refractivity contribution is 5.98. The Balaban J connectivity index is 1.55. The first-order chi connectivity index (χ1) is 20.1. The first kappa shape index (κ1) is 28.9. The van der Waals surface area contributed by atoms with Gasteiger partial charge >= 0.3 is 0 Å². The molecule has 7 nitrogen and oxygen atoms in total. The second-order valence-electron chi connectivity index (χ2n) is 13.8. The van der Waals surface area contributed by atoms with Crippen molar-refractivity contribution in [2.24, 2.45) is 23.7 Å². The molecule has 6 bridgehead atoms.